The molecule has 2 heterocycles. The molecule has 0 radical (unpaired) electrons. The molecule has 0 aliphatic rings. The summed E-state index contributed by atoms with van der Waals surface area (Å²) in [6.45, 7) is 12.8. The number of hydrogen-bond donors (Lipinski definition) is 0. The Morgan fingerprint density at radius 1 is 1.25 bits per heavy atom. The van der Waals surface area contributed by atoms with Crippen LogP contribution in [-0.4, -0.2) is 34.5 Å². The summed E-state index contributed by atoms with van der Waals surface area (Å²) in [5, 5.41) is 4.33. The lowest BCUT2D eigenvalue weighted by Crippen LogP contribution is -2.25. The van der Waals surface area contributed by atoms with E-state index < -0.39 is 0 Å². The number of ether oxygens (including phenoxy) is 1. The summed E-state index contributed by atoms with van der Waals surface area (Å²) in [6, 6.07) is 7.43. The van der Waals surface area contributed by atoms with Gasteiger partial charge < -0.3 is 9.64 Å². The Morgan fingerprint density at radius 3 is 2.62 bits per heavy atom. The van der Waals surface area contributed by atoms with Gasteiger partial charge >= 0.3 is 0 Å². The van der Waals surface area contributed by atoms with Crippen molar-refractivity contribution in [2.45, 2.75) is 13.8 Å². The molecule has 3 rings (SSSR count). The van der Waals surface area contributed by atoms with Crippen molar-refractivity contribution in [3.63, 3.8) is 0 Å². The SMILES string of the molecule is C=C/C=C(\C=C)CN(C)c1cc(=O)n(-c2ccc(OCC)cc2C)cc1-c1cnn(C)c1. The van der Waals surface area contributed by atoms with Crippen LogP contribution in [0.15, 0.2) is 84.6 Å². The molecule has 0 atom stereocenters. The highest BCUT2D eigenvalue weighted by Crippen LogP contribution is 2.31. The van der Waals surface area contributed by atoms with Crippen molar-refractivity contribution in [3.05, 3.63) is 95.7 Å². The van der Waals surface area contributed by atoms with Gasteiger partial charge in [0.15, 0.2) is 0 Å². The second kappa shape index (κ2) is 10.0. The number of rotatable bonds is 9. The molecule has 3 aromatic rings. The predicted molar refractivity (Wildman–Crippen MR) is 132 cm³/mol. The molecule has 6 nitrogen and oxygen atoms in total. The second-order valence-electron chi connectivity index (χ2n) is 7.60. The van der Waals surface area contributed by atoms with Crippen molar-refractivity contribution in [3.8, 4) is 22.6 Å². The summed E-state index contributed by atoms with van der Waals surface area (Å²) in [4.78, 5) is 15.2. The quantitative estimate of drug-likeness (QED) is 0.463. The van der Waals surface area contributed by atoms with Gasteiger partial charge in [0.2, 0.25) is 0 Å². The number of pyridine rings is 1. The highest BCUT2D eigenvalue weighted by atomic mass is 16.5. The number of nitrogens with zero attached hydrogens (tertiary/aromatic N) is 4. The van der Waals surface area contributed by atoms with E-state index in [0.717, 1.165) is 39.4 Å². The van der Waals surface area contributed by atoms with E-state index in [1.54, 1.807) is 33.7 Å². The first kappa shape index (κ1) is 22.9. The lowest BCUT2D eigenvalue weighted by Gasteiger charge is -2.24. The molecule has 0 aliphatic heterocycles. The van der Waals surface area contributed by atoms with Crippen LogP contribution in [0.5, 0.6) is 5.75 Å². The van der Waals surface area contributed by atoms with Crippen LogP contribution in [0.25, 0.3) is 16.8 Å². The summed E-state index contributed by atoms with van der Waals surface area (Å²) >= 11 is 0. The summed E-state index contributed by atoms with van der Waals surface area (Å²) in [5.41, 5.74) is 5.33. The minimum atomic E-state index is -0.111. The fourth-order valence-corrected chi connectivity index (χ4v) is 3.66. The number of hydrogen-bond acceptors (Lipinski definition) is 4. The Labute approximate surface area is 189 Å². The number of aryl methyl sites for hydroxylation is 2. The highest BCUT2D eigenvalue weighted by Gasteiger charge is 2.16. The molecule has 0 aliphatic carbocycles. The van der Waals surface area contributed by atoms with Crippen LogP contribution in [0.3, 0.4) is 0 Å². The van der Waals surface area contributed by atoms with E-state index >= 15 is 0 Å². The standard InChI is InChI=1S/C26H30N4O2/c1-7-10-20(8-2)16-28(5)25-14-26(31)30(18-23(25)21-15-27-29(6)17-21)24-12-11-22(32-9-3)13-19(24)4/h7-8,10-15,17-18H,1-2,9,16H2,3-6H3/b20-10+. The van der Waals surface area contributed by atoms with Crippen molar-refractivity contribution in [1.82, 2.24) is 14.3 Å². The van der Waals surface area contributed by atoms with Crippen LogP contribution in [0.4, 0.5) is 5.69 Å². The van der Waals surface area contributed by atoms with Crippen LogP contribution in [0.1, 0.15) is 12.5 Å². The molecule has 6 heteroatoms. The third kappa shape index (κ3) is 4.91. The van der Waals surface area contributed by atoms with E-state index in [4.69, 9.17) is 4.74 Å². The molecule has 0 fully saturated rings. The molecule has 0 unspecified atom stereocenters. The highest BCUT2D eigenvalue weighted by molar-refractivity contribution is 5.77. The monoisotopic (exact) mass is 430 g/mol. The number of likely N-dealkylation sites (N-methyl/N-ethyl adjacent to an activating group) is 1. The molecule has 0 amide bonds. The van der Waals surface area contributed by atoms with Gasteiger partial charge in [-0.3, -0.25) is 14.0 Å². The van der Waals surface area contributed by atoms with Gasteiger partial charge in [-0.2, -0.15) is 5.10 Å². The average Bonchev–Trinajstić information content (AvgIpc) is 3.20. The van der Waals surface area contributed by atoms with Crippen molar-refractivity contribution >= 4 is 5.69 Å². The molecule has 1 aromatic carbocycles. The summed E-state index contributed by atoms with van der Waals surface area (Å²) in [7, 11) is 3.84. The smallest absolute Gasteiger partial charge is 0.257 e. The maximum absolute atomic E-state index is 13.2. The van der Waals surface area contributed by atoms with Crippen molar-refractivity contribution in [1.29, 1.82) is 0 Å². The van der Waals surface area contributed by atoms with E-state index in [-0.39, 0.29) is 5.56 Å². The zero-order valence-corrected chi connectivity index (χ0v) is 19.2. The minimum Gasteiger partial charge on any atom is -0.494 e. The van der Waals surface area contributed by atoms with Gasteiger partial charge in [-0.05, 0) is 43.2 Å². The molecule has 0 N–H and O–H groups in total. The Kier molecular flexibility index (Phi) is 7.15. The fraction of sp³-hybridized carbons (Fsp3) is 0.231. The van der Waals surface area contributed by atoms with Gasteiger partial charge in [0.1, 0.15) is 5.75 Å². The van der Waals surface area contributed by atoms with Crippen molar-refractivity contribution in [2.24, 2.45) is 7.05 Å². The normalized spacial score (nSPS) is 11.3. The van der Waals surface area contributed by atoms with Gasteiger partial charge in [-0.25, -0.2) is 0 Å². The average molecular weight is 431 g/mol. The van der Waals surface area contributed by atoms with E-state index in [0.29, 0.717) is 13.2 Å². The molecule has 0 saturated heterocycles. The third-order valence-electron chi connectivity index (χ3n) is 5.21. The third-order valence-corrected chi connectivity index (χ3v) is 5.21. The molecular weight excluding hydrogens is 400 g/mol. The Balaban J connectivity index is 2.15. The first-order valence-corrected chi connectivity index (χ1v) is 10.5. The van der Waals surface area contributed by atoms with Crippen LogP contribution in [0.2, 0.25) is 0 Å². The van der Waals surface area contributed by atoms with Gasteiger partial charge in [0, 0.05) is 50.2 Å². The zero-order valence-electron chi connectivity index (χ0n) is 19.2. The summed E-state index contributed by atoms with van der Waals surface area (Å²) in [5.74, 6) is 0.789. The zero-order chi connectivity index (χ0) is 23.3. The molecule has 2 aromatic heterocycles. The topological polar surface area (TPSA) is 52.3 Å². The van der Waals surface area contributed by atoms with E-state index in [1.165, 1.54) is 0 Å². The molecular formula is C26H30N4O2. The molecule has 0 spiro atoms. The second-order valence-corrected chi connectivity index (χ2v) is 7.60. The van der Waals surface area contributed by atoms with Crippen LogP contribution in [0, 0.1) is 6.92 Å². The van der Waals surface area contributed by atoms with E-state index in [2.05, 4.69) is 18.3 Å². The lowest BCUT2D eigenvalue weighted by molar-refractivity contribution is 0.340. The van der Waals surface area contributed by atoms with Gasteiger partial charge in [-0.1, -0.05) is 31.4 Å². The Hall–Kier alpha value is -3.80. The number of allylic oxidation sites excluding steroid dienone is 2. The van der Waals surface area contributed by atoms with Crippen LogP contribution >= 0.6 is 0 Å². The lowest BCUT2D eigenvalue weighted by atomic mass is 10.1. The molecule has 32 heavy (non-hydrogen) atoms. The van der Waals surface area contributed by atoms with Crippen LogP contribution < -0.4 is 15.2 Å². The first-order valence-electron chi connectivity index (χ1n) is 10.5. The van der Waals surface area contributed by atoms with E-state index in [9.17, 15) is 4.79 Å². The minimum absolute atomic E-state index is 0.111. The number of benzene rings is 1. The number of anilines is 1. The van der Waals surface area contributed by atoms with Gasteiger partial charge in [-0.15, -0.1) is 0 Å². The van der Waals surface area contributed by atoms with Gasteiger partial charge in [0.25, 0.3) is 5.56 Å². The Bertz CT molecular complexity index is 1220. The maximum atomic E-state index is 13.2. The molecule has 0 saturated carbocycles. The van der Waals surface area contributed by atoms with E-state index in [1.807, 2.05) is 69.5 Å². The van der Waals surface area contributed by atoms with Gasteiger partial charge in [0.05, 0.1) is 24.2 Å². The Morgan fingerprint density at radius 2 is 2.03 bits per heavy atom. The maximum Gasteiger partial charge on any atom is 0.257 e. The first-order chi connectivity index (χ1) is 15.4. The fourth-order valence-electron chi connectivity index (χ4n) is 3.66. The molecule has 166 valence electrons. The summed E-state index contributed by atoms with van der Waals surface area (Å²) in [6.07, 6.45) is 11.1. The molecule has 0 bridgehead atoms. The largest absolute Gasteiger partial charge is 0.494 e. The predicted octanol–water partition coefficient (Wildman–Crippen LogP) is 4.68. The number of aromatic nitrogens is 3. The van der Waals surface area contributed by atoms with Crippen molar-refractivity contribution in [2.75, 3.05) is 25.1 Å². The summed E-state index contributed by atoms with van der Waals surface area (Å²) < 4.78 is 9.03. The van der Waals surface area contributed by atoms with Crippen LogP contribution in [-0.2, 0) is 7.05 Å². The van der Waals surface area contributed by atoms with Crippen molar-refractivity contribution < 1.29 is 4.74 Å².